The van der Waals surface area contributed by atoms with Gasteiger partial charge in [-0.25, -0.2) is 4.79 Å². The van der Waals surface area contributed by atoms with Crippen LogP contribution in [-0.2, 0) is 16.0 Å². The minimum atomic E-state index is -0.899. The van der Waals surface area contributed by atoms with Crippen LogP contribution in [0.4, 0.5) is 0 Å². The van der Waals surface area contributed by atoms with Gasteiger partial charge in [-0.1, -0.05) is 36.8 Å². The summed E-state index contributed by atoms with van der Waals surface area (Å²) in [5.41, 5.74) is 0.326. The molecule has 1 amide bonds. The van der Waals surface area contributed by atoms with E-state index < -0.39 is 11.5 Å². The molecule has 118 valence electrons. The van der Waals surface area contributed by atoms with Crippen molar-refractivity contribution < 1.29 is 14.7 Å². The molecule has 0 aromatic heterocycles. The zero-order chi connectivity index (χ0) is 15.6. The fraction of sp³-hybridized carbons (Fsp3) is 0.556. The van der Waals surface area contributed by atoms with Crippen LogP contribution in [0.15, 0.2) is 30.3 Å². The summed E-state index contributed by atoms with van der Waals surface area (Å²) in [7, 11) is 0. The average Bonchev–Trinajstić information content (AvgIpc) is 3.07. The van der Waals surface area contributed by atoms with Crippen LogP contribution in [0.5, 0.6) is 0 Å². The first-order valence-electron chi connectivity index (χ1n) is 8.22. The molecular weight excluding hydrogens is 278 g/mol. The van der Waals surface area contributed by atoms with E-state index in [1.807, 2.05) is 18.2 Å². The first-order chi connectivity index (χ1) is 10.6. The molecule has 2 aliphatic rings. The molecule has 1 N–H and O–H groups in total. The molecule has 1 aromatic rings. The van der Waals surface area contributed by atoms with Gasteiger partial charge in [-0.05, 0) is 43.6 Å². The first kappa shape index (κ1) is 15.1. The van der Waals surface area contributed by atoms with Gasteiger partial charge in [0.25, 0.3) is 0 Å². The Morgan fingerprint density at radius 2 is 2.00 bits per heavy atom. The summed E-state index contributed by atoms with van der Waals surface area (Å²) in [5, 5.41) is 9.70. The number of amides is 1. The molecule has 0 radical (unpaired) electrons. The zero-order valence-corrected chi connectivity index (χ0v) is 12.8. The molecule has 3 rings (SSSR count). The summed E-state index contributed by atoms with van der Waals surface area (Å²) in [6.45, 7) is 0.612. The van der Waals surface area contributed by atoms with Crippen LogP contribution >= 0.6 is 0 Å². The SMILES string of the molecule is O=C(CCCc1ccccc1)N1CC[C@@H]2CCC[C@@]21C(=O)O. The third-order valence-corrected chi connectivity index (χ3v) is 5.34. The van der Waals surface area contributed by atoms with Crippen molar-refractivity contribution in [2.24, 2.45) is 5.92 Å². The molecule has 1 heterocycles. The number of rotatable bonds is 5. The van der Waals surface area contributed by atoms with Crippen LogP contribution in [0, 0.1) is 5.92 Å². The van der Waals surface area contributed by atoms with E-state index in [0.717, 1.165) is 32.1 Å². The number of aliphatic carboxylic acids is 1. The van der Waals surface area contributed by atoms with Gasteiger partial charge in [-0.2, -0.15) is 0 Å². The lowest BCUT2D eigenvalue weighted by Gasteiger charge is -2.34. The molecule has 0 bridgehead atoms. The molecule has 4 heteroatoms. The van der Waals surface area contributed by atoms with Gasteiger partial charge in [0.1, 0.15) is 5.54 Å². The third kappa shape index (κ3) is 2.51. The quantitative estimate of drug-likeness (QED) is 0.910. The van der Waals surface area contributed by atoms with Crippen LogP contribution in [0.25, 0.3) is 0 Å². The fourth-order valence-electron chi connectivity index (χ4n) is 4.25. The van der Waals surface area contributed by atoms with E-state index in [-0.39, 0.29) is 11.8 Å². The average molecular weight is 301 g/mol. The van der Waals surface area contributed by atoms with Crippen molar-refractivity contribution in [2.75, 3.05) is 6.54 Å². The minimum absolute atomic E-state index is 0.0164. The van der Waals surface area contributed by atoms with Gasteiger partial charge in [0.05, 0.1) is 0 Å². The predicted molar refractivity (Wildman–Crippen MR) is 83.4 cm³/mol. The second-order valence-corrected chi connectivity index (χ2v) is 6.49. The van der Waals surface area contributed by atoms with Gasteiger partial charge in [-0.15, -0.1) is 0 Å². The Labute approximate surface area is 131 Å². The lowest BCUT2D eigenvalue weighted by atomic mass is 9.88. The number of hydrogen-bond acceptors (Lipinski definition) is 2. The lowest BCUT2D eigenvalue weighted by molar-refractivity contribution is -0.158. The number of carboxylic acid groups (broad SMARTS) is 1. The van der Waals surface area contributed by atoms with Gasteiger partial charge in [0.15, 0.2) is 0 Å². The summed E-state index contributed by atoms with van der Waals surface area (Å²) < 4.78 is 0. The highest BCUT2D eigenvalue weighted by atomic mass is 16.4. The Bertz CT molecular complexity index is 557. The van der Waals surface area contributed by atoms with Gasteiger partial charge < -0.3 is 10.0 Å². The van der Waals surface area contributed by atoms with Crippen LogP contribution in [0.3, 0.4) is 0 Å². The normalized spacial score (nSPS) is 26.9. The number of nitrogens with zero attached hydrogens (tertiary/aromatic N) is 1. The van der Waals surface area contributed by atoms with Crippen molar-refractivity contribution in [3.8, 4) is 0 Å². The van der Waals surface area contributed by atoms with Crippen molar-refractivity contribution in [1.82, 2.24) is 4.90 Å². The standard InChI is InChI=1S/C18H23NO3/c20-16(10-4-8-14-6-2-1-3-7-14)19-13-11-15-9-5-12-18(15,19)17(21)22/h1-3,6-7,15H,4-5,8-13H2,(H,21,22)/t15-,18-/m0/s1. The monoisotopic (exact) mass is 301 g/mol. The molecule has 2 fully saturated rings. The van der Waals surface area contributed by atoms with E-state index in [9.17, 15) is 14.7 Å². The van der Waals surface area contributed by atoms with E-state index in [2.05, 4.69) is 12.1 Å². The molecular formula is C18H23NO3. The third-order valence-electron chi connectivity index (χ3n) is 5.34. The second kappa shape index (κ2) is 6.11. The lowest BCUT2D eigenvalue weighted by Crippen LogP contribution is -2.54. The number of aryl methyl sites for hydroxylation is 1. The molecule has 2 atom stereocenters. The summed E-state index contributed by atoms with van der Waals surface area (Å²) in [5.74, 6) is -0.630. The molecule has 1 aromatic carbocycles. The Morgan fingerprint density at radius 1 is 1.23 bits per heavy atom. The first-order valence-corrected chi connectivity index (χ1v) is 8.22. The Balaban J connectivity index is 1.61. The molecule has 1 saturated heterocycles. The summed E-state index contributed by atoms with van der Waals surface area (Å²) in [6.07, 6.45) is 5.42. The van der Waals surface area contributed by atoms with E-state index in [0.29, 0.717) is 19.4 Å². The maximum Gasteiger partial charge on any atom is 0.329 e. The smallest absolute Gasteiger partial charge is 0.329 e. The maximum atomic E-state index is 12.6. The van der Waals surface area contributed by atoms with Gasteiger partial charge in [-0.3, -0.25) is 4.79 Å². The van der Waals surface area contributed by atoms with E-state index in [1.54, 1.807) is 4.90 Å². The summed E-state index contributed by atoms with van der Waals surface area (Å²) >= 11 is 0. The van der Waals surface area contributed by atoms with Crippen molar-refractivity contribution in [2.45, 2.75) is 50.5 Å². The van der Waals surface area contributed by atoms with Crippen molar-refractivity contribution in [3.05, 3.63) is 35.9 Å². The highest BCUT2D eigenvalue weighted by molar-refractivity contribution is 5.88. The summed E-state index contributed by atoms with van der Waals surface area (Å²) in [6, 6.07) is 10.1. The fourth-order valence-corrected chi connectivity index (χ4v) is 4.25. The van der Waals surface area contributed by atoms with Gasteiger partial charge in [0.2, 0.25) is 5.91 Å². The number of carbonyl (C=O) groups is 2. The van der Waals surface area contributed by atoms with E-state index >= 15 is 0 Å². The van der Waals surface area contributed by atoms with Gasteiger partial charge >= 0.3 is 5.97 Å². The molecule has 22 heavy (non-hydrogen) atoms. The summed E-state index contributed by atoms with van der Waals surface area (Å²) in [4.78, 5) is 26.1. The van der Waals surface area contributed by atoms with E-state index in [1.165, 1.54) is 5.56 Å². The van der Waals surface area contributed by atoms with Crippen LogP contribution < -0.4 is 0 Å². The number of carbonyl (C=O) groups excluding carboxylic acids is 1. The topological polar surface area (TPSA) is 57.6 Å². The number of fused-ring (bicyclic) bond motifs is 1. The van der Waals surface area contributed by atoms with Crippen LogP contribution in [0.1, 0.15) is 44.1 Å². The minimum Gasteiger partial charge on any atom is -0.479 e. The van der Waals surface area contributed by atoms with E-state index in [4.69, 9.17) is 0 Å². The predicted octanol–water partition coefficient (Wildman–Crippen LogP) is 2.87. The Kier molecular flexibility index (Phi) is 4.19. The highest BCUT2D eigenvalue weighted by Crippen LogP contribution is 2.47. The molecule has 0 spiro atoms. The number of benzene rings is 1. The van der Waals surface area contributed by atoms with Crippen molar-refractivity contribution >= 4 is 11.9 Å². The zero-order valence-electron chi connectivity index (χ0n) is 12.8. The Morgan fingerprint density at radius 3 is 2.73 bits per heavy atom. The van der Waals surface area contributed by atoms with Crippen LogP contribution in [0.2, 0.25) is 0 Å². The molecule has 1 aliphatic carbocycles. The highest BCUT2D eigenvalue weighted by Gasteiger charge is 2.58. The number of carboxylic acids is 1. The van der Waals surface area contributed by atoms with Crippen molar-refractivity contribution in [3.63, 3.8) is 0 Å². The van der Waals surface area contributed by atoms with Gasteiger partial charge in [0, 0.05) is 13.0 Å². The van der Waals surface area contributed by atoms with Crippen LogP contribution in [-0.4, -0.2) is 34.0 Å². The maximum absolute atomic E-state index is 12.6. The van der Waals surface area contributed by atoms with Crippen molar-refractivity contribution in [1.29, 1.82) is 0 Å². The number of likely N-dealkylation sites (tertiary alicyclic amines) is 1. The number of hydrogen-bond donors (Lipinski definition) is 1. The molecule has 1 aliphatic heterocycles. The molecule has 0 unspecified atom stereocenters. The second-order valence-electron chi connectivity index (χ2n) is 6.49. The Hall–Kier alpha value is -1.84. The molecule has 1 saturated carbocycles. The largest absolute Gasteiger partial charge is 0.479 e. The molecule has 4 nitrogen and oxygen atoms in total.